The van der Waals surface area contributed by atoms with Crippen LogP contribution in [0.1, 0.15) is 67.7 Å². The summed E-state index contributed by atoms with van der Waals surface area (Å²) in [4.78, 5) is 11.3. The second-order valence-electron chi connectivity index (χ2n) is 8.67. The van der Waals surface area contributed by atoms with Crippen molar-refractivity contribution < 1.29 is 14.0 Å². The summed E-state index contributed by atoms with van der Waals surface area (Å²) >= 11 is 0. The predicted octanol–water partition coefficient (Wildman–Crippen LogP) is 6.27. The molecule has 0 aliphatic carbocycles. The predicted molar refractivity (Wildman–Crippen MR) is 110 cm³/mol. The second kappa shape index (κ2) is 10.3. The molecule has 0 aromatic carbocycles. The number of hydrogen-bond donors (Lipinski definition) is 0. The van der Waals surface area contributed by atoms with Crippen LogP contribution in [-0.4, -0.2) is 26.5 Å². The molecule has 0 saturated carbocycles. The van der Waals surface area contributed by atoms with E-state index in [0.717, 1.165) is 19.3 Å². The number of carbonyl (C=O) groups excluding carboxylic acids is 1. The Hall–Kier alpha value is -0.873. The highest BCUT2D eigenvalue weighted by molar-refractivity contribution is 6.74. The van der Waals surface area contributed by atoms with E-state index in [0.29, 0.717) is 0 Å². The van der Waals surface area contributed by atoms with Crippen LogP contribution in [0.15, 0.2) is 24.3 Å². The Morgan fingerprint density at radius 3 is 2.20 bits per heavy atom. The van der Waals surface area contributed by atoms with E-state index in [9.17, 15) is 4.79 Å². The van der Waals surface area contributed by atoms with E-state index in [1.54, 1.807) is 0 Å². The highest BCUT2D eigenvalue weighted by atomic mass is 28.4. The van der Waals surface area contributed by atoms with Gasteiger partial charge in [0.15, 0.2) is 8.32 Å². The van der Waals surface area contributed by atoms with E-state index >= 15 is 0 Å². The van der Waals surface area contributed by atoms with Crippen LogP contribution in [0.5, 0.6) is 0 Å². The van der Waals surface area contributed by atoms with Crippen molar-refractivity contribution in [2.75, 3.05) is 0 Å². The van der Waals surface area contributed by atoms with E-state index in [-0.39, 0.29) is 29.1 Å². The van der Waals surface area contributed by atoms with Crippen LogP contribution >= 0.6 is 0 Å². The molecule has 0 N–H and O–H groups in total. The first-order valence-corrected chi connectivity index (χ1v) is 12.4. The summed E-state index contributed by atoms with van der Waals surface area (Å²) in [6, 6.07) is 0. The highest BCUT2D eigenvalue weighted by Crippen LogP contribution is 2.38. The minimum Gasteiger partial charge on any atom is -0.462 e. The molecule has 0 spiro atoms. The molecular formula is C21H40O3Si. The zero-order chi connectivity index (χ0) is 19.8. The summed E-state index contributed by atoms with van der Waals surface area (Å²) in [6.07, 6.45) is 6.77. The van der Waals surface area contributed by atoms with Gasteiger partial charge in [-0.15, -0.1) is 6.58 Å². The van der Waals surface area contributed by atoms with E-state index in [1.165, 1.54) is 12.5 Å². The molecule has 0 radical (unpaired) electrons. The molecule has 0 saturated heterocycles. The Labute approximate surface area is 157 Å². The first-order chi connectivity index (χ1) is 11.3. The quantitative estimate of drug-likeness (QED) is 0.259. The smallest absolute Gasteiger partial charge is 0.302 e. The molecule has 0 aromatic heterocycles. The molecule has 0 bridgehead atoms. The van der Waals surface area contributed by atoms with Gasteiger partial charge in [0.1, 0.15) is 6.10 Å². The Balaban J connectivity index is 5.30. The third-order valence-corrected chi connectivity index (χ3v) is 9.54. The van der Waals surface area contributed by atoms with Gasteiger partial charge in [-0.1, -0.05) is 58.8 Å². The van der Waals surface area contributed by atoms with Gasteiger partial charge in [0.05, 0.1) is 6.10 Å². The molecular weight excluding hydrogens is 328 g/mol. The van der Waals surface area contributed by atoms with Crippen LogP contribution in [-0.2, 0) is 14.0 Å². The average molecular weight is 369 g/mol. The Morgan fingerprint density at radius 1 is 1.24 bits per heavy atom. The van der Waals surface area contributed by atoms with Gasteiger partial charge >= 0.3 is 5.97 Å². The van der Waals surface area contributed by atoms with Gasteiger partial charge in [0.25, 0.3) is 0 Å². The molecule has 0 aromatic rings. The highest BCUT2D eigenvalue weighted by Gasteiger charge is 2.39. The Bertz CT molecular complexity index is 460. The van der Waals surface area contributed by atoms with Crippen molar-refractivity contribution in [3.8, 4) is 0 Å². The van der Waals surface area contributed by atoms with Gasteiger partial charge in [-0.3, -0.25) is 4.79 Å². The van der Waals surface area contributed by atoms with E-state index < -0.39 is 8.32 Å². The van der Waals surface area contributed by atoms with Crippen LogP contribution in [0, 0.1) is 5.92 Å². The Morgan fingerprint density at radius 2 is 1.80 bits per heavy atom. The SMILES string of the molecule is C=C[C@H](C)[C@@H](/C=C(\C)C[C@@H](CCC)OC(C)=O)O[Si](C)(C)C(C)(C)C. The van der Waals surface area contributed by atoms with Crippen LogP contribution in [0.3, 0.4) is 0 Å². The molecule has 25 heavy (non-hydrogen) atoms. The lowest BCUT2D eigenvalue weighted by Crippen LogP contribution is -2.44. The van der Waals surface area contributed by atoms with E-state index in [2.05, 4.69) is 67.3 Å². The molecule has 0 aliphatic rings. The molecule has 0 fully saturated rings. The largest absolute Gasteiger partial charge is 0.462 e. The maximum Gasteiger partial charge on any atom is 0.302 e. The van der Waals surface area contributed by atoms with Crippen molar-refractivity contribution in [1.29, 1.82) is 0 Å². The third-order valence-electron chi connectivity index (χ3n) is 5.07. The monoisotopic (exact) mass is 368 g/mol. The van der Waals surface area contributed by atoms with Crippen molar-refractivity contribution >= 4 is 14.3 Å². The lowest BCUT2D eigenvalue weighted by molar-refractivity contribution is -0.146. The van der Waals surface area contributed by atoms with Crippen LogP contribution in [0.2, 0.25) is 18.1 Å². The molecule has 3 nitrogen and oxygen atoms in total. The molecule has 3 atom stereocenters. The zero-order valence-corrected chi connectivity index (χ0v) is 18.9. The fourth-order valence-electron chi connectivity index (χ4n) is 2.41. The van der Waals surface area contributed by atoms with Gasteiger partial charge in [-0.25, -0.2) is 0 Å². The molecule has 146 valence electrons. The first-order valence-electron chi connectivity index (χ1n) is 9.49. The number of esters is 1. The average Bonchev–Trinajstić information content (AvgIpc) is 2.43. The van der Waals surface area contributed by atoms with Crippen molar-refractivity contribution in [3.05, 3.63) is 24.3 Å². The molecule has 0 rings (SSSR count). The summed E-state index contributed by atoms with van der Waals surface area (Å²) in [7, 11) is -1.87. The van der Waals surface area contributed by atoms with Gasteiger partial charge < -0.3 is 9.16 Å². The van der Waals surface area contributed by atoms with Gasteiger partial charge in [-0.05, 0) is 31.5 Å². The molecule has 0 amide bonds. The van der Waals surface area contributed by atoms with Gasteiger partial charge in [0, 0.05) is 19.3 Å². The molecule has 0 unspecified atom stereocenters. The standard InChI is InChI=1S/C21H40O3Si/c1-11-13-19(23-18(5)22)14-16(3)15-20(17(4)12-2)24-25(9,10)21(6,7)8/h12,15,17,19-20H,2,11,13-14H2,1,3-10H3/b16-15+/t17-,19+,20+/m0/s1. The van der Waals surface area contributed by atoms with E-state index in [4.69, 9.17) is 9.16 Å². The number of carbonyl (C=O) groups is 1. The van der Waals surface area contributed by atoms with Crippen LogP contribution < -0.4 is 0 Å². The van der Waals surface area contributed by atoms with Crippen molar-refractivity contribution in [1.82, 2.24) is 0 Å². The summed E-state index contributed by atoms with van der Waals surface area (Å²) in [5.41, 5.74) is 1.21. The van der Waals surface area contributed by atoms with E-state index in [1.807, 2.05) is 6.08 Å². The maximum atomic E-state index is 11.3. The van der Waals surface area contributed by atoms with Gasteiger partial charge in [0.2, 0.25) is 0 Å². The first kappa shape index (κ1) is 24.1. The minimum atomic E-state index is -1.87. The summed E-state index contributed by atoms with van der Waals surface area (Å²) < 4.78 is 12.1. The summed E-state index contributed by atoms with van der Waals surface area (Å²) in [6.45, 7) is 23.1. The van der Waals surface area contributed by atoms with Gasteiger partial charge in [-0.2, -0.15) is 0 Å². The number of rotatable bonds is 10. The Kier molecular flexibility index (Phi) is 9.96. The topological polar surface area (TPSA) is 35.5 Å². The third kappa shape index (κ3) is 8.86. The van der Waals surface area contributed by atoms with Crippen LogP contribution in [0.4, 0.5) is 0 Å². The van der Waals surface area contributed by atoms with Crippen molar-refractivity contribution in [3.63, 3.8) is 0 Å². The van der Waals surface area contributed by atoms with Crippen molar-refractivity contribution in [2.45, 2.75) is 98.1 Å². The molecule has 0 aliphatic heterocycles. The normalized spacial score (nSPS) is 16.9. The summed E-state index contributed by atoms with van der Waals surface area (Å²) in [5, 5.41) is 0.163. The summed E-state index contributed by atoms with van der Waals surface area (Å²) in [5.74, 6) is 0.0298. The fraction of sp³-hybridized carbons (Fsp3) is 0.762. The van der Waals surface area contributed by atoms with Crippen LogP contribution in [0.25, 0.3) is 0 Å². The molecule has 4 heteroatoms. The number of hydrogen-bond acceptors (Lipinski definition) is 3. The lowest BCUT2D eigenvalue weighted by Gasteiger charge is -2.40. The molecule has 0 heterocycles. The van der Waals surface area contributed by atoms with Crippen molar-refractivity contribution in [2.24, 2.45) is 5.92 Å². The lowest BCUT2D eigenvalue weighted by atomic mass is 9.99. The second-order valence-corrected chi connectivity index (χ2v) is 13.4. The minimum absolute atomic E-state index is 0.0120. The zero-order valence-electron chi connectivity index (χ0n) is 17.9. The fourth-order valence-corrected chi connectivity index (χ4v) is 3.73. The number of ether oxygens (including phenoxy) is 1. The maximum absolute atomic E-state index is 11.3.